The van der Waals surface area contributed by atoms with Gasteiger partial charge >= 0.3 is 5.97 Å². The molecule has 4 nitrogen and oxygen atoms in total. The summed E-state index contributed by atoms with van der Waals surface area (Å²) in [6.45, 7) is 1.97. The summed E-state index contributed by atoms with van der Waals surface area (Å²) in [6, 6.07) is 10.2. The van der Waals surface area contributed by atoms with Crippen molar-refractivity contribution in [3.8, 4) is 11.7 Å². The second-order valence-electron chi connectivity index (χ2n) is 3.34. The molecule has 1 aromatic heterocycles. The van der Waals surface area contributed by atoms with Gasteiger partial charge in [-0.05, 0) is 25.1 Å². The summed E-state index contributed by atoms with van der Waals surface area (Å²) in [5.74, 6) is -0.473. The second-order valence-corrected chi connectivity index (χ2v) is 3.34. The molecule has 0 aliphatic rings. The first-order chi connectivity index (χ1) is 7.65. The lowest BCUT2D eigenvalue weighted by Gasteiger charge is -2.01. The number of carboxylic acid groups (broad SMARTS) is 1. The number of benzene rings is 1. The highest BCUT2D eigenvalue weighted by Crippen LogP contribution is 2.23. The van der Waals surface area contributed by atoms with Gasteiger partial charge < -0.3 is 14.3 Å². The fourth-order valence-corrected chi connectivity index (χ4v) is 1.21. The third-order valence-corrected chi connectivity index (χ3v) is 2.03. The SMILES string of the molecule is Cc1ccc(Oc2ccc(C(=O)O)o2)cc1. The third kappa shape index (κ3) is 2.23. The number of hydrogen-bond donors (Lipinski definition) is 1. The van der Waals surface area contributed by atoms with Crippen molar-refractivity contribution in [2.45, 2.75) is 6.92 Å². The van der Waals surface area contributed by atoms with Gasteiger partial charge in [0.05, 0.1) is 0 Å². The Hall–Kier alpha value is -2.23. The molecule has 0 aliphatic heterocycles. The molecule has 4 heteroatoms. The van der Waals surface area contributed by atoms with Crippen LogP contribution < -0.4 is 4.74 Å². The van der Waals surface area contributed by atoms with E-state index in [2.05, 4.69) is 0 Å². The highest BCUT2D eigenvalue weighted by Gasteiger charge is 2.09. The zero-order valence-electron chi connectivity index (χ0n) is 8.64. The first-order valence-electron chi connectivity index (χ1n) is 4.73. The Morgan fingerprint density at radius 3 is 2.44 bits per heavy atom. The van der Waals surface area contributed by atoms with Crippen molar-refractivity contribution in [1.82, 2.24) is 0 Å². The molecule has 0 saturated carbocycles. The molecule has 0 unspecified atom stereocenters. The molecule has 0 spiro atoms. The number of hydrogen-bond acceptors (Lipinski definition) is 3. The number of furan rings is 1. The summed E-state index contributed by atoms with van der Waals surface area (Å²) in [5.41, 5.74) is 1.12. The molecule has 1 aromatic carbocycles. The largest absolute Gasteiger partial charge is 0.475 e. The Balaban J connectivity index is 2.14. The summed E-state index contributed by atoms with van der Waals surface area (Å²) in [7, 11) is 0. The maximum Gasteiger partial charge on any atom is 0.371 e. The Bertz CT molecular complexity index is 496. The lowest BCUT2D eigenvalue weighted by atomic mass is 10.2. The van der Waals surface area contributed by atoms with E-state index in [1.54, 1.807) is 12.1 Å². The van der Waals surface area contributed by atoms with Crippen LogP contribution in [0.3, 0.4) is 0 Å². The Kier molecular flexibility index (Phi) is 2.64. The van der Waals surface area contributed by atoms with E-state index in [1.165, 1.54) is 12.1 Å². The zero-order chi connectivity index (χ0) is 11.5. The quantitative estimate of drug-likeness (QED) is 0.859. The van der Waals surface area contributed by atoms with Crippen molar-refractivity contribution in [3.05, 3.63) is 47.7 Å². The summed E-state index contributed by atoms with van der Waals surface area (Å²) < 4.78 is 10.3. The minimum Gasteiger partial charge on any atom is -0.475 e. The summed E-state index contributed by atoms with van der Waals surface area (Å²) >= 11 is 0. The molecule has 0 atom stereocenters. The van der Waals surface area contributed by atoms with Gasteiger partial charge in [0.1, 0.15) is 5.75 Å². The van der Waals surface area contributed by atoms with Gasteiger partial charge in [0.15, 0.2) is 0 Å². The van der Waals surface area contributed by atoms with Gasteiger partial charge in [0.2, 0.25) is 5.76 Å². The molecule has 82 valence electrons. The van der Waals surface area contributed by atoms with Crippen molar-refractivity contribution >= 4 is 5.97 Å². The molecule has 0 saturated heterocycles. The van der Waals surface area contributed by atoms with Crippen LogP contribution in [0.2, 0.25) is 0 Å². The first-order valence-corrected chi connectivity index (χ1v) is 4.73. The molecule has 2 rings (SSSR count). The van der Waals surface area contributed by atoms with Crippen molar-refractivity contribution < 1.29 is 19.1 Å². The van der Waals surface area contributed by atoms with Gasteiger partial charge in [-0.1, -0.05) is 17.7 Å². The summed E-state index contributed by atoms with van der Waals surface area (Å²) in [5, 5.41) is 8.65. The van der Waals surface area contributed by atoms with Crippen LogP contribution >= 0.6 is 0 Å². The highest BCUT2D eigenvalue weighted by atomic mass is 16.6. The molecule has 2 aromatic rings. The predicted molar refractivity (Wildman–Crippen MR) is 56.9 cm³/mol. The van der Waals surface area contributed by atoms with E-state index < -0.39 is 5.97 Å². The maximum absolute atomic E-state index is 10.6. The minimum absolute atomic E-state index is 0.137. The number of carbonyl (C=O) groups is 1. The van der Waals surface area contributed by atoms with Gasteiger partial charge in [-0.2, -0.15) is 0 Å². The highest BCUT2D eigenvalue weighted by molar-refractivity contribution is 5.84. The molecule has 0 amide bonds. The van der Waals surface area contributed by atoms with Crippen LogP contribution in [0.5, 0.6) is 11.7 Å². The molecular weight excluding hydrogens is 208 g/mol. The van der Waals surface area contributed by atoms with E-state index in [1.807, 2.05) is 19.1 Å². The summed E-state index contributed by atoms with van der Waals surface area (Å²) in [6.07, 6.45) is 0. The van der Waals surface area contributed by atoms with Crippen LogP contribution in [0.4, 0.5) is 0 Å². The number of rotatable bonds is 3. The Morgan fingerprint density at radius 2 is 1.88 bits per heavy atom. The van der Waals surface area contributed by atoms with E-state index in [0.717, 1.165) is 5.56 Å². The van der Waals surface area contributed by atoms with E-state index in [0.29, 0.717) is 5.75 Å². The number of aromatic carboxylic acids is 1. The zero-order valence-corrected chi connectivity index (χ0v) is 8.64. The topological polar surface area (TPSA) is 59.7 Å². The van der Waals surface area contributed by atoms with Crippen molar-refractivity contribution in [2.75, 3.05) is 0 Å². The molecule has 1 N–H and O–H groups in total. The minimum atomic E-state index is -1.11. The normalized spacial score (nSPS) is 10.1. The van der Waals surface area contributed by atoms with Crippen molar-refractivity contribution in [2.24, 2.45) is 0 Å². The van der Waals surface area contributed by atoms with E-state index in [4.69, 9.17) is 14.3 Å². The standard InChI is InChI=1S/C12H10O4/c1-8-2-4-9(5-3-8)15-11-7-6-10(16-11)12(13)14/h2-7H,1H3,(H,13,14). The average molecular weight is 218 g/mol. The number of carboxylic acids is 1. The van der Waals surface area contributed by atoms with Crippen LogP contribution in [0.25, 0.3) is 0 Å². The molecule has 0 fully saturated rings. The molecular formula is C12H10O4. The predicted octanol–water partition coefficient (Wildman–Crippen LogP) is 3.08. The molecule has 16 heavy (non-hydrogen) atoms. The summed E-state index contributed by atoms with van der Waals surface area (Å²) in [4.78, 5) is 10.6. The van der Waals surface area contributed by atoms with E-state index >= 15 is 0 Å². The van der Waals surface area contributed by atoms with Gasteiger partial charge in [-0.3, -0.25) is 0 Å². The van der Waals surface area contributed by atoms with Crippen LogP contribution in [0, 0.1) is 6.92 Å². The monoisotopic (exact) mass is 218 g/mol. The lowest BCUT2D eigenvalue weighted by molar-refractivity contribution is 0.0657. The molecule has 0 aliphatic carbocycles. The molecule has 0 bridgehead atoms. The first kappa shape index (κ1) is 10.3. The Morgan fingerprint density at radius 1 is 1.19 bits per heavy atom. The smallest absolute Gasteiger partial charge is 0.371 e. The number of ether oxygens (including phenoxy) is 1. The molecule has 1 heterocycles. The van der Waals surface area contributed by atoms with Gasteiger partial charge in [-0.15, -0.1) is 0 Å². The van der Waals surface area contributed by atoms with Crippen molar-refractivity contribution in [1.29, 1.82) is 0 Å². The third-order valence-electron chi connectivity index (χ3n) is 2.03. The van der Waals surface area contributed by atoms with Crippen LogP contribution in [0.15, 0.2) is 40.8 Å². The maximum atomic E-state index is 10.6. The average Bonchev–Trinajstić information content (AvgIpc) is 2.70. The van der Waals surface area contributed by atoms with E-state index in [-0.39, 0.29) is 11.7 Å². The van der Waals surface area contributed by atoms with E-state index in [9.17, 15) is 4.79 Å². The fourth-order valence-electron chi connectivity index (χ4n) is 1.21. The molecule has 0 radical (unpaired) electrons. The van der Waals surface area contributed by atoms with Crippen LogP contribution in [-0.4, -0.2) is 11.1 Å². The van der Waals surface area contributed by atoms with Gasteiger partial charge in [0.25, 0.3) is 5.95 Å². The second kappa shape index (κ2) is 4.10. The van der Waals surface area contributed by atoms with Gasteiger partial charge in [0, 0.05) is 6.07 Å². The van der Waals surface area contributed by atoms with Gasteiger partial charge in [-0.25, -0.2) is 4.79 Å². The van der Waals surface area contributed by atoms with Crippen LogP contribution in [0.1, 0.15) is 16.1 Å². The van der Waals surface area contributed by atoms with Crippen LogP contribution in [-0.2, 0) is 0 Å². The fraction of sp³-hybridized carbons (Fsp3) is 0.0833. The number of aryl methyl sites for hydroxylation is 1. The lowest BCUT2D eigenvalue weighted by Crippen LogP contribution is -1.91. The Labute approximate surface area is 92.1 Å². The van der Waals surface area contributed by atoms with Crippen molar-refractivity contribution in [3.63, 3.8) is 0 Å².